The quantitative estimate of drug-likeness (QED) is 0.503. The molecule has 0 aromatic heterocycles. The molecule has 1 fully saturated rings. The van der Waals surface area contributed by atoms with E-state index in [2.05, 4.69) is 4.74 Å². The van der Waals surface area contributed by atoms with Gasteiger partial charge in [-0.2, -0.15) is 0 Å². The Bertz CT molecular complexity index is 222. The summed E-state index contributed by atoms with van der Waals surface area (Å²) in [6.07, 6.45) is 1.64. The molecule has 0 radical (unpaired) electrons. The average Bonchev–Trinajstić information content (AvgIpc) is 2.75. The maximum Gasteiger partial charge on any atom is 0.309 e. The van der Waals surface area contributed by atoms with Crippen LogP contribution >= 0.6 is 0 Å². The lowest BCUT2D eigenvalue weighted by Crippen LogP contribution is -2.28. The van der Waals surface area contributed by atoms with Crippen LogP contribution in [0, 0.1) is 17.8 Å². The van der Waals surface area contributed by atoms with E-state index in [0.717, 1.165) is 0 Å². The molecule has 0 bridgehead atoms. The van der Waals surface area contributed by atoms with Gasteiger partial charge in [0.25, 0.3) is 0 Å². The Balaban J connectivity index is 2.39. The van der Waals surface area contributed by atoms with Gasteiger partial charge in [-0.05, 0) is 11.8 Å². The van der Waals surface area contributed by atoms with Gasteiger partial charge in [-0.25, -0.2) is 0 Å². The molecule has 1 aliphatic carbocycles. The number of hydrogen-bond acceptors (Lipinski definition) is 4. The molecule has 0 spiro atoms. The molecule has 2 unspecified atom stereocenters. The van der Waals surface area contributed by atoms with E-state index in [-0.39, 0.29) is 11.9 Å². The number of carbonyl (C=O) groups excluding carboxylic acids is 1. The molecule has 1 saturated carbocycles. The van der Waals surface area contributed by atoms with Gasteiger partial charge in [-0.15, -0.1) is 4.31 Å². The molecular formula is C9H17NO3S. The summed E-state index contributed by atoms with van der Waals surface area (Å²) < 4.78 is 17.5. The molecule has 0 amide bonds. The van der Waals surface area contributed by atoms with Crippen LogP contribution in [0.1, 0.15) is 6.92 Å². The number of hydrogen-bond donors (Lipinski definition) is 0. The lowest BCUT2D eigenvalue weighted by atomic mass is 10.3. The summed E-state index contributed by atoms with van der Waals surface area (Å²) in [4.78, 5) is 11.2. The van der Waals surface area contributed by atoms with Crippen molar-refractivity contribution in [2.45, 2.75) is 6.92 Å². The number of methoxy groups -OCH3 is 1. The fourth-order valence-corrected chi connectivity index (χ4v) is 2.13. The lowest BCUT2D eigenvalue weighted by molar-refractivity contribution is -0.142. The number of ether oxygens (including phenoxy) is 1. The Morgan fingerprint density at radius 3 is 2.64 bits per heavy atom. The fourth-order valence-electron chi connectivity index (χ4n) is 1.75. The van der Waals surface area contributed by atoms with Gasteiger partial charge in [0.2, 0.25) is 0 Å². The molecular weight excluding hydrogens is 202 g/mol. The first-order valence-corrected chi connectivity index (χ1v) is 6.13. The van der Waals surface area contributed by atoms with Crippen molar-refractivity contribution in [3.8, 4) is 0 Å². The van der Waals surface area contributed by atoms with E-state index in [4.69, 9.17) is 0 Å². The van der Waals surface area contributed by atoms with Crippen molar-refractivity contribution in [2.75, 3.05) is 27.0 Å². The molecule has 4 atom stereocenters. The van der Waals surface area contributed by atoms with Gasteiger partial charge in [-0.3, -0.25) is 4.79 Å². The van der Waals surface area contributed by atoms with Crippen LogP contribution in [0.3, 0.4) is 0 Å². The van der Waals surface area contributed by atoms with Crippen LogP contribution in [0.5, 0.6) is 0 Å². The summed E-state index contributed by atoms with van der Waals surface area (Å²) >= 11 is -0.955. The van der Waals surface area contributed by atoms with Crippen molar-refractivity contribution in [3.63, 3.8) is 0 Å². The SMILES string of the molecule is COC(=O)C1[C@@H](C)[C@H]1CN(C)[S+](C)[O-]. The molecule has 0 aliphatic heterocycles. The van der Waals surface area contributed by atoms with Crippen molar-refractivity contribution >= 4 is 17.3 Å². The third-order valence-electron chi connectivity index (χ3n) is 2.94. The second-order valence-electron chi connectivity index (χ2n) is 3.81. The molecule has 82 valence electrons. The normalized spacial score (nSPS) is 32.9. The van der Waals surface area contributed by atoms with Crippen molar-refractivity contribution in [1.82, 2.24) is 4.31 Å². The first-order valence-electron chi connectivity index (χ1n) is 4.61. The Labute approximate surface area is 87.9 Å². The molecule has 0 aromatic rings. The highest BCUT2D eigenvalue weighted by Crippen LogP contribution is 2.47. The minimum atomic E-state index is -0.955. The predicted octanol–water partition coefficient (Wildman–Crippen LogP) is 0.267. The molecule has 5 heteroatoms. The van der Waals surface area contributed by atoms with Crippen molar-refractivity contribution in [1.29, 1.82) is 0 Å². The molecule has 0 saturated heterocycles. The summed E-state index contributed by atoms with van der Waals surface area (Å²) in [7, 11) is 3.21. The molecule has 1 rings (SSSR count). The van der Waals surface area contributed by atoms with E-state index in [0.29, 0.717) is 18.4 Å². The van der Waals surface area contributed by atoms with Gasteiger partial charge in [0, 0.05) is 25.0 Å². The van der Waals surface area contributed by atoms with Gasteiger partial charge in [0.1, 0.15) is 6.26 Å². The van der Waals surface area contributed by atoms with Crippen LogP contribution in [0.25, 0.3) is 0 Å². The highest BCUT2D eigenvalue weighted by molar-refractivity contribution is 7.88. The Morgan fingerprint density at radius 1 is 1.64 bits per heavy atom. The Morgan fingerprint density at radius 2 is 2.21 bits per heavy atom. The largest absolute Gasteiger partial charge is 0.598 e. The van der Waals surface area contributed by atoms with E-state index in [1.54, 1.807) is 17.6 Å². The maximum atomic E-state index is 11.2. The summed E-state index contributed by atoms with van der Waals surface area (Å²) in [6.45, 7) is 2.72. The fraction of sp³-hybridized carbons (Fsp3) is 0.889. The van der Waals surface area contributed by atoms with Gasteiger partial charge < -0.3 is 9.29 Å². The van der Waals surface area contributed by atoms with Gasteiger partial charge >= 0.3 is 5.97 Å². The lowest BCUT2D eigenvalue weighted by Gasteiger charge is -2.16. The van der Waals surface area contributed by atoms with E-state index < -0.39 is 11.4 Å². The van der Waals surface area contributed by atoms with Crippen LogP contribution in [0.4, 0.5) is 0 Å². The molecule has 0 heterocycles. The second kappa shape index (κ2) is 4.51. The summed E-state index contributed by atoms with van der Waals surface area (Å²) in [5.41, 5.74) is 0. The predicted molar refractivity (Wildman–Crippen MR) is 54.9 cm³/mol. The maximum absolute atomic E-state index is 11.2. The zero-order chi connectivity index (χ0) is 10.9. The number of nitrogens with zero attached hydrogens (tertiary/aromatic N) is 1. The smallest absolute Gasteiger partial charge is 0.309 e. The first kappa shape index (κ1) is 11.8. The van der Waals surface area contributed by atoms with E-state index >= 15 is 0 Å². The number of esters is 1. The highest BCUT2D eigenvalue weighted by atomic mass is 32.2. The van der Waals surface area contributed by atoms with Gasteiger partial charge in [0.05, 0.1) is 13.0 Å². The van der Waals surface area contributed by atoms with Gasteiger partial charge in [-0.1, -0.05) is 6.92 Å². The summed E-state index contributed by atoms with van der Waals surface area (Å²) in [6, 6.07) is 0. The topological polar surface area (TPSA) is 52.6 Å². The summed E-state index contributed by atoms with van der Waals surface area (Å²) in [5, 5.41) is 0. The molecule has 1 aliphatic rings. The molecule has 4 nitrogen and oxygen atoms in total. The van der Waals surface area contributed by atoms with E-state index in [9.17, 15) is 9.35 Å². The molecule has 0 aromatic carbocycles. The van der Waals surface area contributed by atoms with E-state index in [1.165, 1.54) is 7.11 Å². The number of rotatable bonds is 4. The second-order valence-corrected chi connectivity index (χ2v) is 5.28. The van der Waals surface area contributed by atoms with Crippen LogP contribution < -0.4 is 0 Å². The van der Waals surface area contributed by atoms with Crippen LogP contribution in [-0.2, 0) is 20.9 Å². The third kappa shape index (κ3) is 2.40. The Hall–Kier alpha value is -0.260. The van der Waals surface area contributed by atoms with Crippen molar-refractivity contribution in [2.24, 2.45) is 17.8 Å². The zero-order valence-electron chi connectivity index (χ0n) is 9.02. The standard InChI is InChI=1S/C9H17NO3S/c1-6-7(5-10(2)14(4)12)8(6)9(11)13-3/h6-8H,5H2,1-4H3/t6-,7+,8?,14?/m0/s1. The van der Waals surface area contributed by atoms with Crippen LogP contribution in [-0.4, -0.2) is 41.8 Å². The van der Waals surface area contributed by atoms with Gasteiger partial charge in [0.15, 0.2) is 0 Å². The average molecular weight is 219 g/mol. The molecule has 14 heavy (non-hydrogen) atoms. The summed E-state index contributed by atoms with van der Waals surface area (Å²) in [5.74, 6) is 0.522. The van der Waals surface area contributed by atoms with Crippen molar-refractivity contribution in [3.05, 3.63) is 0 Å². The van der Waals surface area contributed by atoms with E-state index in [1.807, 2.05) is 6.92 Å². The highest BCUT2D eigenvalue weighted by Gasteiger charge is 2.53. The minimum absolute atomic E-state index is 0.00556. The monoisotopic (exact) mass is 219 g/mol. The van der Waals surface area contributed by atoms with Crippen LogP contribution in [0.15, 0.2) is 0 Å². The third-order valence-corrected chi connectivity index (χ3v) is 3.97. The molecule has 0 N–H and O–H groups in total. The van der Waals surface area contributed by atoms with Crippen LogP contribution in [0.2, 0.25) is 0 Å². The Kier molecular flexibility index (Phi) is 3.80. The minimum Gasteiger partial charge on any atom is -0.598 e. The zero-order valence-corrected chi connectivity index (χ0v) is 9.84. The first-order chi connectivity index (χ1) is 6.49. The van der Waals surface area contributed by atoms with Crippen molar-refractivity contribution < 1.29 is 14.1 Å². The number of carbonyl (C=O) groups is 1.